The molecule has 3 aliphatic rings. The van der Waals surface area contributed by atoms with Crippen molar-refractivity contribution < 1.29 is 9.15 Å². The third-order valence-corrected chi connectivity index (χ3v) is 6.63. The second-order valence-electron chi connectivity index (χ2n) is 8.65. The van der Waals surface area contributed by atoms with E-state index in [2.05, 4.69) is 15.1 Å². The molecule has 0 amide bonds. The van der Waals surface area contributed by atoms with E-state index in [9.17, 15) is 0 Å². The van der Waals surface area contributed by atoms with E-state index in [0.29, 0.717) is 5.41 Å². The molecule has 1 aromatic rings. The van der Waals surface area contributed by atoms with Gasteiger partial charge in [0.2, 0.25) is 0 Å². The quantitative estimate of drug-likeness (QED) is 0.442. The Balaban J connectivity index is 1.29. The second kappa shape index (κ2) is 9.79. The lowest BCUT2D eigenvalue weighted by atomic mass is 9.86. The number of furan rings is 1. The van der Waals surface area contributed by atoms with Gasteiger partial charge in [0.1, 0.15) is 5.76 Å². The highest BCUT2D eigenvalue weighted by molar-refractivity contribution is 5.80. The Bertz CT molecular complexity index is 604. The lowest BCUT2D eigenvalue weighted by molar-refractivity contribution is 0.0377. The summed E-state index contributed by atoms with van der Waals surface area (Å²) in [5, 5.41) is 3.63. The maximum absolute atomic E-state index is 5.47. The fourth-order valence-electron chi connectivity index (χ4n) is 4.97. The third kappa shape index (κ3) is 5.29. The molecule has 6 heteroatoms. The van der Waals surface area contributed by atoms with Gasteiger partial charge in [-0.25, -0.2) is 0 Å². The number of guanidine groups is 1. The molecule has 4 rings (SSSR count). The fourth-order valence-corrected chi connectivity index (χ4v) is 4.97. The van der Waals surface area contributed by atoms with Crippen LogP contribution in [0.4, 0.5) is 0 Å². The number of likely N-dealkylation sites (tertiary alicyclic amines) is 1. The van der Waals surface area contributed by atoms with Crippen molar-refractivity contribution >= 4 is 5.96 Å². The molecule has 1 spiro atoms. The second-order valence-corrected chi connectivity index (χ2v) is 8.65. The molecule has 1 saturated carbocycles. The van der Waals surface area contributed by atoms with Crippen molar-refractivity contribution in [3.8, 4) is 0 Å². The van der Waals surface area contributed by atoms with Crippen LogP contribution < -0.4 is 5.32 Å². The monoisotopic (exact) mass is 388 g/mol. The SMILES string of the molecule is c1coc(CCNC(=NCCCN2CCOCC2)N2CCC3(CCCC3)C2)c1. The summed E-state index contributed by atoms with van der Waals surface area (Å²) in [4.78, 5) is 10.0. The molecule has 3 heterocycles. The van der Waals surface area contributed by atoms with E-state index < -0.39 is 0 Å². The predicted octanol–water partition coefficient (Wildman–Crippen LogP) is 2.76. The molecule has 0 aromatic carbocycles. The van der Waals surface area contributed by atoms with Crippen molar-refractivity contribution in [2.24, 2.45) is 10.4 Å². The Morgan fingerprint density at radius 2 is 2.00 bits per heavy atom. The van der Waals surface area contributed by atoms with Gasteiger partial charge < -0.3 is 19.4 Å². The zero-order chi connectivity index (χ0) is 19.1. The van der Waals surface area contributed by atoms with E-state index in [1.807, 2.05) is 12.1 Å². The number of nitrogens with one attached hydrogen (secondary N) is 1. The summed E-state index contributed by atoms with van der Waals surface area (Å²) in [6.07, 6.45) is 10.7. The molecule has 0 unspecified atom stereocenters. The molecular formula is C22H36N4O2. The molecule has 0 bridgehead atoms. The van der Waals surface area contributed by atoms with Crippen molar-refractivity contribution in [1.82, 2.24) is 15.1 Å². The molecular weight excluding hydrogens is 352 g/mol. The molecule has 6 nitrogen and oxygen atoms in total. The number of rotatable bonds is 7. The smallest absolute Gasteiger partial charge is 0.193 e. The van der Waals surface area contributed by atoms with Gasteiger partial charge in [-0.15, -0.1) is 0 Å². The van der Waals surface area contributed by atoms with Gasteiger partial charge in [0.25, 0.3) is 0 Å². The predicted molar refractivity (Wildman–Crippen MR) is 112 cm³/mol. The van der Waals surface area contributed by atoms with Crippen LogP contribution >= 0.6 is 0 Å². The van der Waals surface area contributed by atoms with Crippen molar-refractivity contribution in [2.45, 2.75) is 44.9 Å². The van der Waals surface area contributed by atoms with Crippen LogP contribution in [0.3, 0.4) is 0 Å². The lowest BCUT2D eigenvalue weighted by Crippen LogP contribution is -2.42. The van der Waals surface area contributed by atoms with Crippen molar-refractivity contribution in [3.05, 3.63) is 24.2 Å². The van der Waals surface area contributed by atoms with Crippen LogP contribution in [0.25, 0.3) is 0 Å². The first-order chi connectivity index (χ1) is 13.8. The molecule has 1 aliphatic carbocycles. The molecule has 2 saturated heterocycles. The topological polar surface area (TPSA) is 53.2 Å². The molecule has 3 fully saturated rings. The summed E-state index contributed by atoms with van der Waals surface area (Å²) in [5.41, 5.74) is 0.567. The normalized spacial score (nSPS) is 23.0. The number of aliphatic imine (C=N–C) groups is 1. The summed E-state index contributed by atoms with van der Waals surface area (Å²) in [6.45, 7) is 9.09. The van der Waals surface area contributed by atoms with Crippen LogP contribution in [0.5, 0.6) is 0 Å². The van der Waals surface area contributed by atoms with E-state index in [4.69, 9.17) is 14.1 Å². The largest absolute Gasteiger partial charge is 0.469 e. The Morgan fingerprint density at radius 1 is 1.14 bits per heavy atom. The lowest BCUT2D eigenvalue weighted by Gasteiger charge is -2.27. The molecule has 2 aliphatic heterocycles. The van der Waals surface area contributed by atoms with Crippen LogP contribution in [-0.2, 0) is 11.2 Å². The molecule has 156 valence electrons. The number of hydrogen-bond donors (Lipinski definition) is 1. The number of nitrogens with zero attached hydrogens (tertiary/aromatic N) is 3. The molecule has 0 radical (unpaired) electrons. The van der Waals surface area contributed by atoms with Crippen molar-refractivity contribution in [3.63, 3.8) is 0 Å². The summed E-state index contributed by atoms with van der Waals surface area (Å²) in [6, 6.07) is 4.00. The maximum Gasteiger partial charge on any atom is 0.193 e. The first-order valence-electron chi connectivity index (χ1n) is 11.2. The zero-order valence-corrected chi connectivity index (χ0v) is 17.2. The van der Waals surface area contributed by atoms with Gasteiger partial charge in [0.15, 0.2) is 5.96 Å². The van der Waals surface area contributed by atoms with Gasteiger partial charge in [-0.05, 0) is 43.2 Å². The molecule has 28 heavy (non-hydrogen) atoms. The highest BCUT2D eigenvalue weighted by atomic mass is 16.5. The van der Waals surface area contributed by atoms with Crippen LogP contribution in [0, 0.1) is 5.41 Å². The van der Waals surface area contributed by atoms with Crippen molar-refractivity contribution in [1.29, 1.82) is 0 Å². The highest BCUT2D eigenvalue weighted by Gasteiger charge is 2.41. The summed E-state index contributed by atoms with van der Waals surface area (Å²) in [5.74, 6) is 2.14. The average Bonchev–Trinajstić information content (AvgIpc) is 3.48. The standard InChI is InChI=1S/C22H36N4O2/c1-2-8-22(7-1)9-13-26(19-22)21(24-11-6-20-5-3-16-28-20)23-10-4-12-25-14-17-27-18-15-25/h3,5,16H,1-2,4,6-15,17-19H2,(H,23,24). The van der Waals surface area contributed by atoms with Gasteiger partial charge in [0, 0.05) is 52.2 Å². The fraction of sp³-hybridized carbons (Fsp3) is 0.773. The summed E-state index contributed by atoms with van der Waals surface area (Å²) in [7, 11) is 0. The van der Waals surface area contributed by atoms with Crippen LogP contribution in [0.2, 0.25) is 0 Å². The first-order valence-corrected chi connectivity index (χ1v) is 11.2. The Morgan fingerprint density at radius 3 is 2.79 bits per heavy atom. The van der Waals surface area contributed by atoms with E-state index >= 15 is 0 Å². The number of ether oxygens (including phenoxy) is 1. The van der Waals surface area contributed by atoms with E-state index in [0.717, 1.165) is 77.0 Å². The van der Waals surface area contributed by atoms with Crippen LogP contribution in [-0.4, -0.2) is 74.8 Å². The summed E-state index contributed by atoms with van der Waals surface area (Å²) < 4.78 is 10.9. The van der Waals surface area contributed by atoms with E-state index in [1.165, 1.54) is 38.6 Å². The molecule has 0 atom stereocenters. The Hall–Kier alpha value is -1.53. The van der Waals surface area contributed by atoms with Crippen molar-refractivity contribution in [2.75, 3.05) is 59.0 Å². The average molecular weight is 389 g/mol. The highest BCUT2D eigenvalue weighted by Crippen LogP contribution is 2.45. The zero-order valence-electron chi connectivity index (χ0n) is 17.2. The van der Waals surface area contributed by atoms with Gasteiger partial charge in [0.05, 0.1) is 19.5 Å². The summed E-state index contributed by atoms with van der Waals surface area (Å²) >= 11 is 0. The minimum atomic E-state index is 0.567. The molecule has 1 aromatic heterocycles. The first kappa shape index (κ1) is 19.8. The van der Waals surface area contributed by atoms with E-state index in [1.54, 1.807) is 6.26 Å². The van der Waals surface area contributed by atoms with Gasteiger partial charge in [-0.3, -0.25) is 9.89 Å². The minimum Gasteiger partial charge on any atom is -0.469 e. The Labute approximate surface area is 169 Å². The van der Waals surface area contributed by atoms with Gasteiger partial charge >= 0.3 is 0 Å². The maximum atomic E-state index is 5.47. The number of hydrogen-bond acceptors (Lipinski definition) is 4. The van der Waals surface area contributed by atoms with Gasteiger partial charge in [-0.1, -0.05) is 12.8 Å². The Kier molecular flexibility index (Phi) is 6.91. The van der Waals surface area contributed by atoms with E-state index in [-0.39, 0.29) is 0 Å². The van der Waals surface area contributed by atoms with Gasteiger partial charge in [-0.2, -0.15) is 0 Å². The third-order valence-electron chi connectivity index (χ3n) is 6.63. The number of morpholine rings is 1. The molecule has 1 N–H and O–H groups in total. The van der Waals surface area contributed by atoms with Crippen LogP contribution in [0.1, 0.15) is 44.3 Å². The van der Waals surface area contributed by atoms with Crippen LogP contribution in [0.15, 0.2) is 27.8 Å². The minimum absolute atomic E-state index is 0.567.